The maximum absolute atomic E-state index is 12.8. The number of benzene rings is 3. The minimum absolute atomic E-state index is 0.00969. The maximum atomic E-state index is 12.8. The molecule has 3 N–H and O–H groups in total. The van der Waals surface area contributed by atoms with Crippen molar-refractivity contribution >= 4 is 44.8 Å². The fraction of sp³-hybridized carbons (Fsp3) is 0.130. The molecule has 0 heterocycles. The lowest BCUT2D eigenvalue weighted by atomic mass is 10.2. The smallest absolute Gasteiger partial charge is 0.262 e. The van der Waals surface area contributed by atoms with Crippen LogP contribution in [-0.2, 0) is 14.8 Å². The number of rotatable bonds is 9. The fourth-order valence-corrected chi connectivity index (χ4v) is 4.13. The lowest BCUT2D eigenvalue weighted by molar-refractivity contribution is -0.116. The quantitative estimate of drug-likeness (QED) is 0.423. The molecule has 0 aliphatic rings. The summed E-state index contributed by atoms with van der Waals surface area (Å²) in [4.78, 5) is 24.3. The van der Waals surface area contributed by atoms with Gasteiger partial charge >= 0.3 is 0 Å². The van der Waals surface area contributed by atoms with Crippen molar-refractivity contribution in [3.8, 4) is 5.75 Å². The molecule has 10 heteroatoms. The summed E-state index contributed by atoms with van der Waals surface area (Å²) < 4.78 is 33.2. The fourth-order valence-electron chi connectivity index (χ4n) is 2.89. The van der Waals surface area contributed by atoms with Gasteiger partial charge in [-0.2, -0.15) is 0 Å². The zero-order chi connectivity index (χ0) is 23.8. The summed E-state index contributed by atoms with van der Waals surface area (Å²) in [6.07, 6.45) is 0.00969. The maximum Gasteiger partial charge on any atom is 0.262 e. The van der Waals surface area contributed by atoms with Crippen molar-refractivity contribution in [3.63, 3.8) is 0 Å². The average Bonchev–Trinajstić information content (AvgIpc) is 2.79. The summed E-state index contributed by atoms with van der Waals surface area (Å²) in [7, 11) is -2.47. The molecule has 0 saturated heterocycles. The number of sulfonamides is 1. The standard InChI is InChI=1S/C23H22ClN3O5S/c1-32-21-8-3-2-7-20(21)27-33(30,31)19-6-4-5-18(15-19)26-22(28)13-14-25-23(29)16-9-11-17(24)12-10-16/h2-12,15,27H,13-14H2,1H3,(H,25,29)(H,26,28). The van der Waals surface area contributed by atoms with Crippen molar-refractivity contribution in [3.05, 3.63) is 83.4 Å². The predicted molar refractivity (Wildman–Crippen MR) is 127 cm³/mol. The number of carbonyl (C=O) groups excluding carboxylic acids is 2. The Morgan fingerprint density at radius 2 is 1.70 bits per heavy atom. The summed E-state index contributed by atoms with van der Waals surface area (Å²) in [5.41, 5.74) is 1.04. The van der Waals surface area contributed by atoms with Crippen LogP contribution in [0.1, 0.15) is 16.8 Å². The topological polar surface area (TPSA) is 114 Å². The number of para-hydroxylation sites is 2. The molecule has 3 aromatic carbocycles. The number of amides is 2. The second-order valence-electron chi connectivity index (χ2n) is 6.89. The first-order chi connectivity index (χ1) is 15.8. The Morgan fingerprint density at radius 3 is 2.42 bits per heavy atom. The third-order valence-electron chi connectivity index (χ3n) is 4.52. The SMILES string of the molecule is COc1ccccc1NS(=O)(=O)c1cccc(NC(=O)CCNC(=O)c2ccc(Cl)cc2)c1. The molecule has 2 amide bonds. The summed E-state index contributed by atoms with van der Waals surface area (Å²) >= 11 is 5.80. The van der Waals surface area contributed by atoms with Crippen LogP contribution in [0.5, 0.6) is 5.75 Å². The Morgan fingerprint density at radius 1 is 0.970 bits per heavy atom. The van der Waals surface area contributed by atoms with Crippen molar-refractivity contribution in [1.29, 1.82) is 0 Å². The van der Waals surface area contributed by atoms with E-state index in [0.29, 0.717) is 27.7 Å². The first-order valence-corrected chi connectivity index (χ1v) is 11.7. The molecule has 8 nitrogen and oxygen atoms in total. The van der Waals surface area contributed by atoms with Crippen molar-refractivity contribution in [1.82, 2.24) is 5.32 Å². The first kappa shape index (κ1) is 24.1. The van der Waals surface area contributed by atoms with Gasteiger partial charge in [-0.1, -0.05) is 29.8 Å². The van der Waals surface area contributed by atoms with Gasteiger partial charge in [0.1, 0.15) is 5.75 Å². The molecule has 0 spiro atoms. The van der Waals surface area contributed by atoms with E-state index in [0.717, 1.165) is 0 Å². The van der Waals surface area contributed by atoms with Gasteiger partial charge in [-0.15, -0.1) is 0 Å². The minimum Gasteiger partial charge on any atom is -0.495 e. The number of hydrogen-bond donors (Lipinski definition) is 3. The molecule has 3 aromatic rings. The molecule has 0 unspecified atom stereocenters. The predicted octanol–water partition coefficient (Wildman–Crippen LogP) is 3.91. The van der Waals surface area contributed by atoms with Gasteiger partial charge in [0.25, 0.3) is 15.9 Å². The van der Waals surface area contributed by atoms with Crippen LogP contribution in [0.15, 0.2) is 77.7 Å². The van der Waals surface area contributed by atoms with Crippen molar-refractivity contribution < 1.29 is 22.7 Å². The Bertz CT molecular complexity index is 1250. The van der Waals surface area contributed by atoms with Crippen molar-refractivity contribution in [2.24, 2.45) is 0 Å². The molecule has 33 heavy (non-hydrogen) atoms. The van der Waals surface area contributed by atoms with Crippen LogP contribution in [0.25, 0.3) is 0 Å². The molecule has 0 saturated carbocycles. The first-order valence-electron chi connectivity index (χ1n) is 9.88. The molecular weight excluding hydrogens is 466 g/mol. The van der Waals surface area contributed by atoms with E-state index in [-0.39, 0.29) is 29.7 Å². The van der Waals surface area contributed by atoms with Gasteiger partial charge < -0.3 is 15.4 Å². The van der Waals surface area contributed by atoms with Crippen LogP contribution in [0, 0.1) is 0 Å². The van der Waals surface area contributed by atoms with E-state index in [1.54, 1.807) is 54.6 Å². The molecule has 172 valence electrons. The highest BCUT2D eigenvalue weighted by Gasteiger charge is 2.17. The molecule has 0 aromatic heterocycles. The van der Waals surface area contributed by atoms with E-state index in [9.17, 15) is 18.0 Å². The number of ether oxygens (including phenoxy) is 1. The molecule has 0 aliphatic carbocycles. The highest BCUT2D eigenvalue weighted by atomic mass is 35.5. The molecule has 0 radical (unpaired) electrons. The average molecular weight is 488 g/mol. The van der Waals surface area contributed by atoms with E-state index < -0.39 is 10.0 Å². The molecular formula is C23H22ClN3O5S. The zero-order valence-corrected chi connectivity index (χ0v) is 19.2. The van der Waals surface area contributed by atoms with Gasteiger partial charge in [-0.25, -0.2) is 8.42 Å². The Balaban J connectivity index is 1.58. The summed E-state index contributed by atoms with van der Waals surface area (Å²) in [5, 5.41) is 5.81. The van der Waals surface area contributed by atoms with E-state index in [1.165, 1.54) is 25.3 Å². The summed E-state index contributed by atoms with van der Waals surface area (Å²) in [6.45, 7) is 0.112. The molecule has 0 atom stereocenters. The molecule has 0 aliphatic heterocycles. The normalized spacial score (nSPS) is 10.8. The van der Waals surface area contributed by atoms with Gasteiger partial charge in [0.05, 0.1) is 17.7 Å². The minimum atomic E-state index is -3.91. The Labute approximate surface area is 197 Å². The zero-order valence-electron chi connectivity index (χ0n) is 17.7. The number of methoxy groups -OCH3 is 1. The van der Waals surface area contributed by atoms with E-state index in [4.69, 9.17) is 16.3 Å². The number of halogens is 1. The van der Waals surface area contributed by atoms with Gasteiger partial charge in [0, 0.05) is 29.2 Å². The summed E-state index contributed by atoms with van der Waals surface area (Å²) in [5.74, 6) is -0.320. The third kappa shape index (κ3) is 6.71. The Hall–Kier alpha value is -3.56. The van der Waals surface area contributed by atoms with Crippen molar-refractivity contribution in [2.75, 3.05) is 23.7 Å². The van der Waals surface area contributed by atoms with Gasteiger partial charge in [0.2, 0.25) is 5.91 Å². The summed E-state index contributed by atoms with van der Waals surface area (Å²) in [6, 6.07) is 18.9. The molecule has 3 rings (SSSR count). The Kier molecular flexibility index (Phi) is 7.92. The number of carbonyl (C=O) groups is 2. The third-order valence-corrected chi connectivity index (χ3v) is 6.14. The van der Waals surface area contributed by atoms with Crippen LogP contribution in [-0.4, -0.2) is 33.9 Å². The van der Waals surface area contributed by atoms with E-state index in [2.05, 4.69) is 15.4 Å². The molecule has 0 fully saturated rings. The highest BCUT2D eigenvalue weighted by Crippen LogP contribution is 2.26. The lowest BCUT2D eigenvalue weighted by Crippen LogP contribution is -2.27. The largest absolute Gasteiger partial charge is 0.495 e. The van der Waals surface area contributed by atoms with Gasteiger partial charge in [0.15, 0.2) is 0 Å². The van der Waals surface area contributed by atoms with Crippen LogP contribution < -0.4 is 20.1 Å². The van der Waals surface area contributed by atoms with Crippen molar-refractivity contribution in [2.45, 2.75) is 11.3 Å². The highest BCUT2D eigenvalue weighted by molar-refractivity contribution is 7.92. The lowest BCUT2D eigenvalue weighted by Gasteiger charge is -2.12. The second-order valence-corrected chi connectivity index (χ2v) is 9.01. The number of anilines is 2. The number of nitrogens with one attached hydrogen (secondary N) is 3. The van der Waals surface area contributed by atoms with E-state index in [1.807, 2.05) is 0 Å². The van der Waals surface area contributed by atoms with Gasteiger partial charge in [-0.3, -0.25) is 14.3 Å². The van der Waals surface area contributed by atoms with Gasteiger partial charge in [-0.05, 0) is 54.6 Å². The monoisotopic (exact) mass is 487 g/mol. The van der Waals surface area contributed by atoms with Crippen LogP contribution in [0.4, 0.5) is 11.4 Å². The van der Waals surface area contributed by atoms with Crippen LogP contribution in [0.3, 0.4) is 0 Å². The van der Waals surface area contributed by atoms with Crippen LogP contribution >= 0.6 is 11.6 Å². The van der Waals surface area contributed by atoms with E-state index >= 15 is 0 Å². The second kappa shape index (κ2) is 10.8. The number of hydrogen-bond acceptors (Lipinski definition) is 5. The van der Waals surface area contributed by atoms with Crippen LogP contribution in [0.2, 0.25) is 5.02 Å². The molecule has 0 bridgehead atoms.